The number of aromatic nitrogens is 3. The van der Waals surface area contributed by atoms with Gasteiger partial charge in [0.05, 0.1) is 12.7 Å². The van der Waals surface area contributed by atoms with Crippen molar-refractivity contribution in [2.45, 2.75) is 32.3 Å². The van der Waals surface area contributed by atoms with Gasteiger partial charge in [0.15, 0.2) is 5.82 Å². The van der Waals surface area contributed by atoms with Gasteiger partial charge in [-0.05, 0) is 12.5 Å². The van der Waals surface area contributed by atoms with Crippen molar-refractivity contribution in [1.29, 1.82) is 0 Å². The molecule has 3 heterocycles. The van der Waals surface area contributed by atoms with E-state index < -0.39 is 11.5 Å². The topological polar surface area (TPSA) is 71.1 Å². The Labute approximate surface area is 150 Å². The molecule has 0 bridgehead atoms. The zero-order valence-electron chi connectivity index (χ0n) is 14.0. The van der Waals surface area contributed by atoms with Crippen LogP contribution in [0.1, 0.15) is 26.2 Å². The van der Waals surface area contributed by atoms with E-state index in [9.17, 15) is 9.18 Å². The molecule has 25 heavy (non-hydrogen) atoms. The summed E-state index contributed by atoms with van der Waals surface area (Å²) in [6, 6.07) is 2.81. The smallest absolute Gasteiger partial charge is 0.272 e. The van der Waals surface area contributed by atoms with E-state index in [1.807, 2.05) is 4.90 Å². The molecule has 0 amide bonds. The average molecular weight is 367 g/mol. The first-order valence-electron chi connectivity index (χ1n) is 8.36. The summed E-state index contributed by atoms with van der Waals surface area (Å²) >= 11 is 6.19. The summed E-state index contributed by atoms with van der Waals surface area (Å²) in [7, 11) is 0. The van der Waals surface area contributed by atoms with Crippen molar-refractivity contribution in [2.24, 2.45) is 0 Å². The fourth-order valence-corrected chi connectivity index (χ4v) is 3.07. The van der Waals surface area contributed by atoms with Gasteiger partial charge in [-0.3, -0.25) is 4.79 Å². The minimum Gasteiger partial charge on any atom is -0.375 e. The molecular weight excluding hydrogens is 347 g/mol. The van der Waals surface area contributed by atoms with Gasteiger partial charge in [-0.2, -0.15) is 4.39 Å². The number of unbranched alkanes of at least 4 members (excludes halogenated alkanes) is 1. The first kappa shape index (κ1) is 17.8. The molecule has 0 saturated carbocycles. The Morgan fingerprint density at radius 3 is 3.12 bits per heavy atom. The number of nitrogens with zero attached hydrogens (tertiary/aromatic N) is 3. The summed E-state index contributed by atoms with van der Waals surface area (Å²) in [5.41, 5.74) is -0.00574. The number of H-pyrrole nitrogens is 1. The van der Waals surface area contributed by atoms with Crippen LogP contribution in [0.15, 0.2) is 23.1 Å². The molecule has 8 heteroatoms. The number of hydrogen-bond donors (Lipinski definition) is 1. The lowest BCUT2D eigenvalue weighted by Crippen LogP contribution is -2.43. The van der Waals surface area contributed by atoms with Crippen molar-refractivity contribution in [3.8, 4) is 11.4 Å². The zero-order valence-corrected chi connectivity index (χ0v) is 14.7. The molecule has 1 aliphatic rings. The number of hydrogen-bond acceptors (Lipinski definition) is 5. The van der Waals surface area contributed by atoms with Crippen molar-refractivity contribution in [3.63, 3.8) is 0 Å². The van der Waals surface area contributed by atoms with E-state index in [-0.39, 0.29) is 17.0 Å². The molecule has 2 aromatic heterocycles. The van der Waals surface area contributed by atoms with Gasteiger partial charge in [0.1, 0.15) is 10.8 Å². The maximum atomic E-state index is 13.4. The monoisotopic (exact) mass is 366 g/mol. The van der Waals surface area contributed by atoms with Gasteiger partial charge in [0, 0.05) is 30.9 Å². The maximum Gasteiger partial charge on any atom is 0.272 e. The molecule has 2 aromatic rings. The minimum atomic E-state index is -0.636. The number of morpholine rings is 1. The lowest BCUT2D eigenvalue weighted by molar-refractivity contribution is 0.0336. The second kappa shape index (κ2) is 7.93. The molecule has 0 radical (unpaired) electrons. The second-order valence-corrected chi connectivity index (χ2v) is 6.38. The highest BCUT2D eigenvalue weighted by molar-refractivity contribution is 6.32. The Morgan fingerprint density at radius 1 is 1.52 bits per heavy atom. The highest BCUT2D eigenvalue weighted by Crippen LogP contribution is 2.25. The van der Waals surface area contributed by atoms with Crippen molar-refractivity contribution >= 4 is 17.4 Å². The minimum absolute atomic E-state index is 0.0365. The number of nitrogens with one attached hydrogen (secondary N) is 1. The molecule has 0 spiro atoms. The van der Waals surface area contributed by atoms with E-state index in [1.165, 1.54) is 12.3 Å². The van der Waals surface area contributed by atoms with Crippen molar-refractivity contribution in [2.75, 3.05) is 24.6 Å². The summed E-state index contributed by atoms with van der Waals surface area (Å²) < 4.78 is 19.1. The van der Waals surface area contributed by atoms with Gasteiger partial charge < -0.3 is 14.6 Å². The third kappa shape index (κ3) is 4.16. The van der Waals surface area contributed by atoms with Crippen LogP contribution in [0, 0.1) is 5.95 Å². The summed E-state index contributed by atoms with van der Waals surface area (Å²) in [6.07, 6.45) is 4.55. The molecule has 0 aliphatic carbocycles. The number of aromatic amines is 1. The van der Waals surface area contributed by atoms with E-state index in [0.29, 0.717) is 31.1 Å². The van der Waals surface area contributed by atoms with E-state index in [1.54, 1.807) is 6.07 Å². The van der Waals surface area contributed by atoms with Gasteiger partial charge in [0.25, 0.3) is 5.56 Å². The summed E-state index contributed by atoms with van der Waals surface area (Å²) in [5.74, 6) is 0.0346. The Bertz CT molecular complexity index is 798. The van der Waals surface area contributed by atoms with Crippen molar-refractivity contribution in [3.05, 3.63) is 39.7 Å². The van der Waals surface area contributed by atoms with Crippen LogP contribution in [0.5, 0.6) is 0 Å². The van der Waals surface area contributed by atoms with Crippen LogP contribution in [0.4, 0.5) is 10.2 Å². The fourth-order valence-electron chi connectivity index (χ4n) is 2.86. The van der Waals surface area contributed by atoms with E-state index in [4.69, 9.17) is 16.3 Å². The van der Waals surface area contributed by atoms with Crippen molar-refractivity contribution < 1.29 is 9.13 Å². The number of pyridine rings is 1. The molecule has 1 aliphatic heterocycles. The summed E-state index contributed by atoms with van der Waals surface area (Å²) in [6.45, 7) is 3.91. The molecule has 1 fully saturated rings. The molecule has 1 atom stereocenters. The average Bonchev–Trinajstić information content (AvgIpc) is 2.62. The normalized spacial score (nSPS) is 17.7. The largest absolute Gasteiger partial charge is 0.375 e. The Balaban J connectivity index is 1.91. The predicted octanol–water partition coefficient (Wildman–Crippen LogP) is 3.02. The zero-order chi connectivity index (χ0) is 17.8. The first-order chi connectivity index (χ1) is 12.1. The second-order valence-electron chi connectivity index (χ2n) is 6.00. The van der Waals surface area contributed by atoms with Crippen LogP contribution < -0.4 is 10.5 Å². The van der Waals surface area contributed by atoms with Crippen LogP contribution in [0.25, 0.3) is 11.4 Å². The Hall–Kier alpha value is -1.99. The molecule has 3 rings (SSSR count). The fraction of sp³-hybridized carbons (Fsp3) is 0.471. The highest BCUT2D eigenvalue weighted by atomic mass is 35.5. The molecule has 1 N–H and O–H groups in total. The van der Waals surface area contributed by atoms with E-state index >= 15 is 0 Å². The van der Waals surface area contributed by atoms with Crippen LogP contribution >= 0.6 is 11.6 Å². The van der Waals surface area contributed by atoms with Crippen LogP contribution in [-0.4, -0.2) is 40.8 Å². The third-order valence-electron chi connectivity index (χ3n) is 4.16. The summed E-state index contributed by atoms with van der Waals surface area (Å²) in [5, 5.41) is 0.0365. The summed E-state index contributed by atoms with van der Waals surface area (Å²) in [4.78, 5) is 24.8. The number of ether oxygens (including phenoxy) is 1. The van der Waals surface area contributed by atoms with Crippen LogP contribution in [-0.2, 0) is 4.74 Å². The number of rotatable bonds is 5. The molecular formula is C17H20ClFN4O2. The van der Waals surface area contributed by atoms with Crippen molar-refractivity contribution in [1.82, 2.24) is 15.0 Å². The van der Waals surface area contributed by atoms with Gasteiger partial charge >= 0.3 is 0 Å². The lowest BCUT2D eigenvalue weighted by Gasteiger charge is -2.34. The SMILES string of the molecule is CCCCC1CN(c2nc(-c3ccnc(F)c3)[nH]c(=O)c2Cl)CCO1. The van der Waals surface area contributed by atoms with E-state index in [0.717, 1.165) is 19.3 Å². The third-order valence-corrected chi connectivity index (χ3v) is 4.50. The molecule has 134 valence electrons. The van der Waals surface area contributed by atoms with Gasteiger partial charge in [-0.15, -0.1) is 0 Å². The highest BCUT2D eigenvalue weighted by Gasteiger charge is 2.24. The van der Waals surface area contributed by atoms with Gasteiger partial charge in [-0.25, -0.2) is 9.97 Å². The molecule has 0 aromatic carbocycles. The van der Waals surface area contributed by atoms with Crippen LogP contribution in [0.2, 0.25) is 5.02 Å². The standard InChI is InChI=1S/C17H20ClFN4O2/c1-2-3-4-12-10-23(7-8-25-12)16-14(18)17(24)22-15(21-16)11-5-6-20-13(19)9-11/h5-6,9,12H,2-4,7-8,10H2,1H3,(H,21,22,24). The quantitative estimate of drug-likeness (QED) is 0.823. The molecule has 1 saturated heterocycles. The molecule has 1 unspecified atom stereocenters. The number of anilines is 1. The number of halogens is 2. The molecule has 6 nitrogen and oxygen atoms in total. The lowest BCUT2D eigenvalue weighted by atomic mass is 10.1. The maximum absolute atomic E-state index is 13.4. The Kier molecular flexibility index (Phi) is 5.65. The van der Waals surface area contributed by atoms with Crippen LogP contribution in [0.3, 0.4) is 0 Å². The van der Waals surface area contributed by atoms with Gasteiger partial charge in [-0.1, -0.05) is 31.4 Å². The Morgan fingerprint density at radius 2 is 2.36 bits per heavy atom. The first-order valence-corrected chi connectivity index (χ1v) is 8.74. The van der Waals surface area contributed by atoms with Gasteiger partial charge in [0.2, 0.25) is 5.95 Å². The van der Waals surface area contributed by atoms with E-state index in [2.05, 4.69) is 21.9 Å². The predicted molar refractivity (Wildman–Crippen MR) is 94.5 cm³/mol.